The van der Waals surface area contributed by atoms with Gasteiger partial charge in [-0.25, -0.2) is 0 Å². The zero-order chi connectivity index (χ0) is 18.7. The molecule has 138 valence electrons. The maximum atomic E-state index is 11.9. The zero-order valence-corrected chi connectivity index (χ0v) is 14.9. The van der Waals surface area contributed by atoms with Crippen molar-refractivity contribution in [2.75, 3.05) is 45.2 Å². The van der Waals surface area contributed by atoms with Gasteiger partial charge in [0.05, 0.1) is 12.6 Å². The van der Waals surface area contributed by atoms with Crippen LogP contribution in [0.1, 0.15) is 16.1 Å². The van der Waals surface area contributed by atoms with E-state index < -0.39 is 4.92 Å². The molecule has 0 aliphatic carbocycles. The first kappa shape index (κ1) is 17.9. The number of hydrogen-bond acceptors (Lipinski definition) is 6. The van der Waals surface area contributed by atoms with Gasteiger partial charge >= 0.3 is 5.88 Å². The van der Waals surface area contributed by atoms with Crippen LogP contribution in [0, 0.1) is 10.1 Å². The van der Waals surface area contributed by atoms with Gasteiger partial charge in [0.15, 0.2) is 0 Å². The van der Waals surface area contributed by atoms with Crippen molar-refractivity contribution in [3.63, 3.8) is 0 Å². The lowest BCUT2D eigenvalue weighted by molar-refractivity contribution is -0.402. The molecule has 0 spiro atoms. The molecule has 8 nitrogen and oxygen atoms in total. The van der Waals surface area contributed by atoms with E-state index in [0.29, 0.717) is 17.9 Å². The van der Waals surface area contributed by atoms with Gasteiger partial charge in [0, 0.05) is 51.5 Å². The third-order valence-corrected chi connectivity index (χ3v) is 4.46. The molecule has 8 heteroatoms. The second-order valence-corrected chi connectivity index (χ2v) is 6.51. The molecule has 0 atom stereocenters. The van der Waals surface area contributed by atoms with Crippen molar-refractivity contribution in [2.45, 2.75) is 6.54 Å². The fourth-order valence-corrected chi connectivity index (χ4v) is 3.01. The van der Waals surface area contributed by atoms with Gasteiger partial charge in [0.25, 0.3) is 5.91 Å². The van der Waals surface area contributed by atoms with Crippen LogP contribution in [0.25, 0.3) is 0 Å². The van der Waals surface area contributed by atoms with E-state index in [1.54, 1.807) is 25.1 Å². The number of nitrogens with zero attached hydrogens (tertiary/aromatic N) is 4. The van der Waals surface area contributed by atoms with Crippen molar-refractivity contribution in [3.05, 3.63) is 57.8 Å². The van der Waals surface area contributed by atoms with E-state index in [9.17, 15) is 14.9 Å². The fourth-order valence-electron chi connectivity index (χ4n) is 3.01. The molecule has 2 heterocycles. The average molecular weight is 358 g/mol. The van der Waals surface area contributed by atoms with Crippen molar-refractivity contribution >= 4 is 17.5 Å². The Morgan fingerprint density at radius 3 is 2.31 bits per heavy atom. The lowest BCUT2D eigenvalue weighted by Gasteiger charge is -2.35. The van der Waals surface area contributed by atoms with Gasteiger partial charge in [-0.1, -0.05) is 0 Å². The lowest BCUT2D eigenvalue weighted by Crippen LogP contribution is -2.45. The van der Waals surface area contributed by atoms with Crippen LogP contribution in [-0.2, 0) is 6.54 Å². The predicted octanol–water partition coefficient (Wildman–Crippen LogP) is 2.21. The Kier molecular flexibility index (Phi) is 5.22. The van der Waals surface area contributed by atoms with Crippen molar-refractivity contribution in [2.24, 2.45) is 0 Å². The molecule has 1 aromatic heterocycles. The first-order valence-corrected chi connectivity index (χ1v) is 8.46. The standard InChI is InChI=1S/C18H22N4O4/c1-19(2)18(23)14-3-5-15(6-4-14)21-11-9-20(10-12-21)13-16-7-8-17(26-16)22(24)25/h3-8H,9-13H2,1-2H3. The molecular formula is C18H22N4O4. The summed E-state index contributed by atoms with van der Waals surface area (Å²) in [5, 5.41) is 10.7. The summed E-state index contributed by atoms with van der Waals surface area (Å²) in [5.74, 6) is 0.386. The highest BCUT2D eigenvalue weighted by Crippen LogP contribution is 2.21. The molecule has 3 rings (SSSR count). The second-order valence-electron chi connectivity index (χ2n) is 6.51. The molecule has 26 heavy (non-hydrogen) atoms. The number of hydrogen-bond donors (Lipinski definition) is 0. The number of rotatable bonds is 5. The van der Waals surface area contributed by atoms with Gasteiger partial charge in [-0.2, -0.15) is 0 Å². The highest BCUT2D eigenvalue weighted by molar-refractivity contribution is 5.94. The minimum Gasteiger partial charge on any atom is -0.404 e. The quantitative estimate of drug-likeness (QED) is 0.602. The monoisotopic (exact) mass is 358 g/mol. The van der Waals surface area contributed by atoms with E-state index in [-0.39, 0.29) is 11.8 Å². The SMILES string of the molecule is CN(C)C(=O)c1ccc(N2CCN(Cc3ccc([N+](=O)[O-])o3)CC2)cc1. The molecule has 1 aliphatic heterocycles. The molecule has 1 amide bonds. The number of nitro groups is 1. The molecule has 1 aliphatic rings. The van der Waals surface area contributed by atoms with Gasteiger partial charge in [-0.3, -0.25) is 19.8 Å². The van der Waals surface area contributed by atoms with Crippen molar-refractivity contribution in [1.29, 1.82) is 0 Å². The number of anilines is 1. The maximum Gasteiger partial charge on any atom is 0.433 e. The van der Waals surface area contributed by atoms with E-state index in [1.807, 2.05) is 24.3 Å². The van der Waals surface area contributed by atoms with E-state index in [2.05, 4.69) is 9.80 Å². The first-order valence-electron chi connectivity index (χ1n) is 8.46. The Morgan fingerprint density at radius 2 is 1.77 bits per heavy atom. The summed E-state index contributed by atoms with van der Waals surface area (Å²) in [5.41, 5.74) is 1.77. The Morgan fingerprint density at radius 1 is 1.12 bits per heavy atom. The van der Waals surface area contributed by atoms with Crippen molar-refractivity contribution in [1.82, 2.24) is 9.80 Å². The third-order valence-electron chi connectivity index (χ3n) is 4.46. The van der Waals surface area contributed by atoms with Gasteiger partial charge in [-0.05, 0) is 30.3 Å². The second kappa shape index (κ2) is 7.57. The molecule has 1 aromatic carbocycles. The number of furan rings is 1. The summed E-state index contributed by atoms with van der Waals surface area (Å²) in [6, 6.07) is 10.7. The predicted molar refractivity (Wildman–Crippen MR) is 97.3 cm³/mol. The summed E-state index contributed by atoms with van der Waals surface area (Å²) < 4.78 is 5.22. The highest BCUT2D eigenvalue weighted by atomic mass is 16.6. The smallest absolute Gasteiger partial charge is 0.404 e. The van der Waals surface area contributed by atoms with E-state index in [1.165, 1.54) is 6.07 Å². The largest absolute Gasteiger partial charge is 0.433 e. The molecular weight excluding hydrogens is 336 g/mol. The summed E-state index contributed by atoms with van der Waals surface area (Å²) in [7, 11) is 3.48. The molecule has 2 aromatic rings. The van der Waals surface area contributed by atoms with Gasteiger partial charge < -0.3 is 14.2 Å². The average Bonchev–Trinajstić information content (AvgIpc) is 3.11. The molecule has 1 saturated heterocycles. The van der Waals surface area contributed by atoms with Crippen LogP contribution < -0.4 is 4.90 Å². The van der Waals surface area contributed by atoms with Crippen LogP contribution in [-0.4, -0.2) is 60.9 Å². The van der Waals surface area contributed by atoms with Crippen LogP contribution in [0.2, 0.25) is 0 Å². The van der Waals surface area contributed by atoms with Crippen LogP contribution in [0.15, 0.2) is 40.8 Å². The molecule has 0 N–H and O–H groups in total. The van der Waals surface area contributed by atoms with Crippen LogP contribution in [0.4, 0.5) is 11.6 Å². The van der Waals surface area contributed by atoms with Crippen molar-refractivity contribution in [3.8, 4) is 0 Å². The van der Waals surface area contributed by atoms with Crippen LogP contribution >= 0.6 is 0 Å². The summed E-state index contributed by atoms with van der Waals surface area (Å²) in [6.07, 6.45) is 0. The summed E-state index contributed by atoms with van der Waals surface area (Å²) in [6.45, 7) is 3.95. The highest BCUT2D eigenvalue weighted by Gasteiger charge is 2.20. The number of carbonyl (C=O) groups is 1. The van der Waals surface area contributed by atoms with Crippen molar-refractivity contribution < 1.29 is 14.1 Å². The normalized spacial score (nSPS) is 15.1. The Hall–Kier alpha value is -2.87. The number of amides is 1. The van der Waals surface area contributed by atoms with Gasteiger partial charge in [-0.15, -0.1) is 0 Å². The fraction of sp³-hybridized carbons (Fsp3) is 0.389. The van der Waals surface area contributed by atoms with E-state index in [0.717, 1.165) is 31.9 Å². The van der Waals surface area contributed by atoms with Crippen LogP contribution in [0.5, 0.6) is 0 Å². The summed E-state index contributed by atoms with van der Waals surface area (Å²) >= 11 is 0. The number of piperazine rings is 1. The third kappa shape index (κ3) is 4.02. The lowest BCUT2D eigenvalue weighted by atomic mass is 10.1. The number of benzene rings is 1. The molecule has 0 saturated carbocycles. The first-order chi connectivity index (χ1) is 12.4. The van der Waals surface area contributed by atoms with E-state index >= 15 is 0 Å². The zero-order valence-electron chi connectivity index (χ0n) is 14.9. The van der Waals surface area contributed by atoms with E-state index in [4.69, 9.17) is 4.42 Å². The molecule has 0 radical (unpaired) electrons. The Labute approximate surface area is 151 Å². The number of carbonyl (C=O) groups excluding carboxylic acids is 1. The maximum absolute atomic E-state index is 11.9. The topological polar surface area (TPSA) is 83.1 Å². The molecule has 0 bridgehead atoms. The molecule has 1 fully saturated rings. The van der Waals surface area contributed by atoms with Crippen LogP contribution in [0.3, 0.4) is 0 Å². The molecule has 0 unspecified atom stereocenters. The van der Waals surface area contributed by atoms with Gasteiger partial charge in [0.1, 0.15) is 10.7 Å². The van der Waals surface area contributed by atoms with Gasteiger partial charge in [0.2, 0.25) is 0 Å². The summed E-state index contributed by atoms with van der Waals surface area (Å²) in [4.78, 5) is 28.1. The Bertz CT molecular complexity index is 777. The Balaban J connectivity index is 1.54. The minimum absolute atomic E-state index is 0.00564. The minimum atomic E-state index is -0.522.